The summed E-state index contributed by atoms with van der Waals surface area (Å²) in [5.41, 5.74) is 7.07. The average Bonchev–Trinajstić information content (AvgIpc) is 2.72. The van der Waals surface area contributed by atoms with Gasteiger partial charge >= 0.3 is 0 Å². The molecule has 18 heavy (non-hydrogen) atoms. The molecule has 0 radical (unpaired) electrons. The Morgan fingerprint density at radius 3 is 2.83 bits per heavy atom. The number of aromatic nitrogens is 2. The first kappa shape index (κ1) is 12.6. The Balaban J connectivity index is 2.04. The van der Waals surface area contributed by atoms with Crippen molar-refractivity contribution in [3.8, 4) is 5.75 Å². The van der Waals surface area contributed by atoms with Gasteiger partial charge in [0, 0.05) is 36.5 Å². The van der Waals surface area contributed by atoms with E-state index in [4.69, 9.17) is 10.5 Å². The predicted octanol–water partition coefficient (Wildman–Crippen LogP) is 2.16. The van der Waals surface area contributed by atoms with Crippen molar-refractivity contribution in [2.45, 2.75) is 19.6 Å². The predicted molar refractivity (Wildman–Crippen MR) is 66.5 cm³/mol. The van der Waals surface area contributed by atoms with Crippen LogP contribution in [0, 0.1) is 5.82 Å². The molecule has 96 valence electrons. The number of hydrogen-bond donors (Lipinski definition) is 1. The summed E-state index contributed by atoms with van der Waals surface area (Å²) in [6.07, 6.45) is 3.57. The fraction of sp³-hybridized carbons (Fsp3) is 0.308. The van der Waals surface area contributed by atoms with Gasteiger partial charge in [0.05, 0.1) is 6.20 Å². The highest BCUT2D eigenvalue weighted by Gasteiger charge is 2.08. The second-order valence-corrected chi connectivity index (χ2v) is 4.28. The quantitative estimate of drug-likeness (QED) is 0.903. The van der Waals surface area contributed by atoms with Gasteiger partial charge in [-0.05, 0) is 13.0 Å². The van der Waals surface area contributed by atoms with E-state index in [1.54, 1.807) is 29.9 Å². The van der Waals surface area contributed by atoms with Gasteiger partial charge in [-0.2, -0.15) is 5.10 Å². The van der Waals surface area contributed by atoms with Crippen LogP contribution in [-0.2, 0) is 13.7 Å². The molecule has 0 saturated heterocycles. The molecule has 0 spiro atoms. The molecular weight excluding hydrogens is 233 g/mol. The summed E-state index contributed by atoms with van der Waals surface area (Å²) in [5, 5.41) is 4.03. The maximum absolute atomic E-state index is 13.7. The van der Waals surface area contributed by atoms with E-state index in [-0.39, 0.29) is 11.9 Å². The van der Waals surface area contributed by atoms with E-state index in [0.29, 0.717) is 17.9 Å². The van der Waals surface area contributed by atoms with E-state index in [9.17, 15) is 4.39 Å². The van der Waals surface area contributed by atoms with Crippen LogP contribution < -0.4 is 10.5 Å². The molecule has 1 aromatic heterocycles. The van der Waals surface area contributed by atoms with Gasteiger partial charge < -0.3 is 10.5 Å². The van der Waals surface area contributed by atoms with Crippen LogP contribution in [0.3, 0.4) is 0 Å². The highest BCUT2D eigenvalue weighted by atomic mass is 19.1. The summed E-state index contributed by atoms with van der Waals surface area (Å²) in [7, 11) is 1.83. The van der Waals surface area contributed by atoms with Crippen LogP contribution in [0.2, 0.25) is 0 Å². The number of nitrogens with two attached hydrogens (primary N) is 1. The summed E-state index contributed by atoms with van der Waals surface area (Å²) >= 11 is 0. The molecule has 2 rings (SSSR count). The van der Waals surface area contributed by atoms with Crippen molar-refractivity contribution in [1.29, 1.82) is 0 Å². The van der Waals surface area contributed by atoms with Gasteiger partial charge in [0.15, 0.2) is 0 Å². The third kappa shape index (κ3) is 2.87. The Bertz CT molecular complexity index is 537. The SMILES string of the molecule is C[C@@H](N)c1ccc(OCc2cnn(C)c2)cc1F. The number of hydrogen-bond acceptors (Lipinski definition) is 3. The van der Waals surface area contributed by atoms with Crippen LogP contribution >= 0.6 is 0 Å². The lowest BCUT2D eigenvalue weighted by atomic mass is 10.1. The zero-order valence-electron chi connectivity index (χ0n) is 10.4. The smallest absolute Gasteiger partial charge is 0.131 e. The van der Waals surface area contributed by atoms with Crippen LogP contribution in [0.5, 0.6) is 5.75 Å². The van der Waals surface area contributed by atoms with E-state index in [1.165, 1.54) is 6.07 Å². The average molecular weight is 249 g/mol. The minimum absolute atomic E-state index is 0.322. The summed E-state index contributed by atoms with van der Waals surface area (Å²) in [5.74, 6) is 0.148. The molecule has 0 fully saturated rings. The van der Waals surface area contributed by atoms with Crippen LogP contribution in [0.25, 0.3) is 0 Å². The van der Waals surface area contributed by atoms with Crippen molar-refractivity contribution in [3.05, 3.63) is 47.5 Å². The van der Waals surface area contributed by atoms with Gasteiger partial charge in [-0.3, -0.25) is 4.68 Å². The standard InChI is InChI=1S/C13H16FN3O/c1-9(15)12-4-3-11(5-13(12)14)18-8-10-6-16-17(2)7-10/h3-7,9H,8,15H2,1-2H3/t9-/m1/s1. The minimum Gasteiger partial charge on any atom is -0.489 e. The van der Waals surface area contributed by atoms with E-state index >= 15 is 0 Å². The number of ether oxygens (including phenoxy) is 1. The molecule has 0 saturated carbocycles. The van der Waals surface area contributed by atoms with Gasteiger partial charge in [0.2, 0.25) is 0 Å². The Morgan fingerprint density at radius 2 is 2.28 bits per heavy atom. The number of nitrogens with zero attached hydrogens (tertiary/aromatic N) is 2. The summed E-state index contributed by atoms with van der Waals surface area (Å²) < 4.78 is 20.8. The van der Waals surface area contributed by atoms with Crippen molar-refractivity contribution >= 4 is 0 Å². The van der Waals surface area contributed by atoms with Crippen LogP contribution in [-0.4, -0.2) is 9.78 Å². The first-order chi connectivity index (χ1) is 8.56. The zero-order chi connectivity index (χ0) is 13.1. The van der Waals surface area contributed by atoms with E-state index in [0.717, 1.165) is 5.56 Å². The lowest BCUT2D eigenvalue weighted by molar-refractivity contribution is 0.304. The molecule has 1 heterocycles. The highest BCUT2D eigenvalue weighted by molar-refractivity contribution is 5.30. The Morgan fingerprint density at radius 1 is 1.50 bits per heavy atom. The van der Waals surface area contributed by atoms with Crippen molar-refractivity contribution in [3.63, 3.8) is 0 Å². The molecule has 0 unspecified atom stereocenters. The van der Waals surface area contributed by atoms with Crippen LogP contribution in [0.1, 0.15) is 24.1 Å². The van der Waals surface area contributed by atoms with E-state index < -0.39 is 0 Å². The zero-order valence-corrected chi connectivity index (χ0v) is 10.4. The summed E-state index contributed by atoms with van der Waals surface area (Å²) in [6.45, 7) is 2.11. The van der Waals surface area contributed by atoms with Gasteiger partial charge in [-0.15, -0.1) is 0 Å². The van der Waals surface area contributed by atoms with Gasteiger partial charge in [-0.1, -0.05) is 6.07 Å². The van der Waals surface area contributed by atoms with Crippen molar-refractivity contribution in [2.24, 2.45) is 12.8 Å². The molecule has 0 aliphatic carbocycles. The van der Waals surface area contributed by atoms with Crippen LogP contribution in [0.15, 0.2) is 30.6 Å². The number of rotatable bonds is 4. The Hall–Kier alpha value is -1.88. The maximum Gasteiger partial charge on any atom is 0.131 e. The molecule has 1 aromatic carbocycles. The van der Waals surface area contributed by atoms with Gasteiger partial charge in [0.25, 0.3) is 0 Å². The van der Waals surface area contributed by atoms with Gasteiger partial charge in [-0.25, -0.2) is 4.39 Å². The Kier molecular flexibility index (Phi) is 3.62. The van der Waals surface area contributed by atoms with Crippen molar-refractivity contribution in [2.75, 3.05) is 0 Å². The molecule has 0 aliphatic heterocycles. The molecule has 2 N–H and O–H groups in total. The first-order valence-electron chi connectivity index (χ1n) is 5.71. The molecule has 0 aliphatic rings. The van der Waals surface area contributed by atoms with E-state index in [1.807, 2.05) is 13.2 Å². The Labute approximate surface area is 105 Å². The van der Waals surface area contributed by atoms with E-state index in [2.05, 4.69) is 5.10 Å². The maximum atomic E-state index is 13.7. The number of aryl methyl sites for hydroxylation is 1. The largest absolute Gasteiger partial charge is 0.489 e. The third-order valence-corrected chi connectivity index (χ3v) is 2.63. The second kappa shape index (κ2) is 5.18. The van der Waals surface area contributed by atoms with Crippen molar-refractivity contribution in [1.82, 2.24) is 9.78 Å². The molecule has 1 atom stereocenters. The second-order valence-electron chi connectivity index (χ2n) is 4.28. The molecular formula is C13H16FN3O. The first-order valence-corrected chi connectivity index (χ1v) is 5.71. The van der Waals surface area contributed by atoms with Crippen LogP contribution in [0.4, 0.5) is 4.39 Å². The van der Waals surface area contributed by atoms with Gasteiger partial charge in [0.1, 0.15) is 18.2 Å². The molecule has 5 heteroatoms. The number of halogens is 1. The lowest BCUT2D eigenvalue weighted by Gasteiger charge is -2.09. The summed E-state index contributed by atoms with van der Waals surface area (Å²) in [4.78, 5) is 0. The normalized spacial score (nSPS) is 12.4. The number of benzene rings is 1. The monoisotopic (exact) mass is 249 g/mol. The minimum atomic E-state index is -0.339. The molecule has 0 bridgehead atoms. The molecule has 4 nitrogen and oxygen atoms in total. The fourth-order valence-corrected chi connectivity index (χ4v) is 1.68. The molecule has 2 aromatic rings. The lowest BCUT2D eigenvalue weighted by Crippen LogP contribution is -2.07. The third-order valence-electron chi connectivity index (χ3n) is 2.63. The summed E-state index contributed by atoms with van der Waals surface area (Å²) in [6, 6.07) is 4.41. The van der Waals surface area contributed by atoms with Crippen molar-refractivity contribution < 1.29 is 9.13 Å². The highest BCUT2D eigenvalue weighted by Crippen LogP contribution is 2.21. The molecule has 0 amide bonds. The fourth-order valence-electron chi connectivity index (χ4n) is 1.68. The topological polar surface area (TPSA) is 53.1 Å².